The van der Waals surface area contributed by atoms with E-state index in [0.29, 0.717) is 12.3 Å². The fourth-order valence-corrected chi connectivity index (χ4v) is 2.35. The zero-order valence-electron chi connectivity index (χ0n) is 11.6. The van der Waals surface area contributed by atoms with Crippen LogP contribution in [0.3, 0.4) is 0 Å². The lowest BCUT2D eigenvalue weighted by Gasteiger charge is -2.21. The van der Waals surface area contributed by atoms with Crippen molar-refractivity contribution in [2.24, 2.45) is 0 Å². The van der Waals surface area contributed by atoms with E-state index in [-0.39, 0.29) is 5.91 Å². The molecule has 2 aromatic heterocycles. The molecular formula is C17H13BrN2O2. The molecule has 0 fully saturated rings. The van der Waals surface area contributed by atoms with Crippen molar-refractivity contribution in [1.29, 1.82) is 0 Å². The number of hydrogen-bond donors (Lipinski definition) is 0. The molecule has 0 aliphatic rings. The number of nitrogens with zero attached hydrogens (tertiary/aromatic N) is 2. The van der Waals surface area contributed by atoms with Crippen LogP contribution in [0.15, 0.2) is 75.9 Å². The van der Waals surface area contributed by atoms with Gasteiger partial charge in [0.2, 0.25) is 0 Å². The number of aromatic nitrogens is 1. The van der Waals surface area contributed by atoms with Gasteiger partial charge in [-0.15, -0.1) is 0 Å². The molecule has 1 amide bonds. The minimum absolute atomic E-state index is 0.196. The molecule has 0 N–H and O–H groups in total. The van der Waals surface area contributed by atoms with Crippen LogP contribution in [0.1, 0.15) is 16.2 Å². The summed E-state index contributed by atoms with van der Waals surface area (Å²) in [5, 5.41) is 0. The lowest BCUT2D eigenvalue weighted by Crippen LogP contribution is -2.30. The van der Waals surface area contributed by atoms with E-state index in [1.54, 1.807) is 23.2 Å². The van der Waals surface area contributed by atoms with Crippen LogP contribution >= 0.6 is 15.9 Å². The normalized spacial score (nSPS) is 10.4. The largest absolute Gasteiger partial charge is 0.459 e. The van der Waals surface area contributed by atoms with Crippen LogP contribution in [-0.4, -0.2) is 10.9 Å². The first kappa shape index (κ1) is 14.5. The zero-order valence-corrected chi connectivity index (χ0v) is 13.2. The van der Waals surface area contributed by atoms with Crippen molar-refractivity contribution in [2.45, 2.75) is 6.54 Å². The van der Waals surface area contributed by atoms with Crippen molar-refractivity contribution < 1.29 is 9.21 Å². The second-order valence-corrected chi connectivity index (χ2v) is 5.58. The summed E-state index contributed by atoms with van der Waals surface area (Å²) in [5.41, 5.74) is 1.60. The Morgan fingerprint density at radius 1 is 1.09 bits per heavy atom. The first-order valence-corrected chi connectivity index (χ1v) is 7.54. The fourth-order valence-electron chi connectivity index (χ4n) is 2.09. The summed E-state index contributed by atoms with van der Waals surface area (Å²) in [6, 6.07) is 16.6. The van der Waals surface area contributed by atoms with Crippen LogP contribution in [-0.2, 0) is 6.54 Å². The van der Waals surface area contributed by atoms with Gasteiger partial charge in [-0.2, -0.15) is 0 Å². The molecule has 0 spiro atoms. The average molecular weight is 357 g/mol. The van der Waals surface area contributed by atoms with Crippen LogP contribution in [0, 0.1) is 0 Å². The van der Waals surface area contributed by atoms with Crippen molar-refractivity contribution in [2.75, 3.05) is 4.90 Å². The first-order chi connectivity index (χ1) is 10.7. The van der Waals surface area contributed by atoms with E-state index in [4.69, 9.17) is 4.42 Å². The van der Waals surface area contributed by atoms with Gasteiger partial charge < -0.3 is 4.42 Å². The Morgan fingerprint density at radius 3 is 2.55 bits per heavy atom. The minimum atomic E-state index is -0.196. The number of anilines is 1. The summed E-state index contributed by atoms with van der Waals surface area (Å²) in [4.78, 5) is 18.6. The number of furan rings is 1. The van der Waals surface area contributed by atoms with Crippen molar-refractivity contribution in [3.63, 3.8) is 0 Å². The minimum Gasteiger partial charge on any atom is -0.459 e. The molecule has 0 bridgehead atoms. The Kier molecular flexibility index (Phi) is 4.34. The fraction of sp³-hybridized carbons (Fsp3) is 0.0588. The second-order valence-electron chi connectivity index (χ2n) is 4.67. The van der Waals surface area contributed by atoms with Gasteiger partial charge in [-0.1, -0.05) is 22.0 Å². The van der Waals surface area contributed by atoms with Gasteiger partial charge in [-0.3, -0.25) is 14.7 Å². The second kappa shape index (κ2) is 6.58. The maximum Gasteiger partial charge on any atom is 0.294 e. The number of amides is 1. The quantitative estimate of drug-likeness (QED) is 0.700. The van der Waals surface area contributed by atoms with Crippen molar-refractivity contribution in [1.82, 2.24) is 4.98 Å². The number of hydrogen-bond acceptors (Lipinski definition) is 3. The summed E-state index contributed by atoms with van der Waals surface area (Å²) in [6.45, 7) is 0.377. The predicted octanol–water partition coefficient (Wildman–Crippen LogP) is 4.28. The highest BCUT2D eigenvalue weighted by molar-refractivity contribution is 9.10. The molecule has 2 heterocycles. The Bertz CT molecular complexity index is 740. The molecule has 22 heavy (non-hydrogen) atoms. The van der Waals surface area contributed by atoms with Crippen LogP contribution in [0.2, 0.25) is 0 Å². The Hall–Kier alpha value is -2.40. The van der Waals surface area contributed by atoms with Gasteiger partial charge in [0.1, 0.15) is 0 Å². The summed E-state index contributed by atoms with van der Waals surface area (Å²) < 4.78 is 6.20. The smallest absolute Gasteiger partial charge is 0.294 e. The SMILES string of the molecule is O=C(c1ccco1)N(Cc1ccccn1)c1ccc(Br)cc1. The summed E-state index contributed by atoms with van der Waals surface area (Å²) in [5.74, 6) is 0.108. The third-order valence-electron chi connectivity index (χ3n) is 3.16. The summed E-state index contributed by atoms with van der Waals surface area (Å²) in [7, 11) is 0. The van der Waals surface area contributed by atoms with Gasteiger partial charge >= 0.3 is 0 Å². The van der Waals surface area contributed by atoms with E-state index in [2.05, 4.69) is 20.9 Å². The van der Waals surface area contributed by atoms with Gasteiger partial charge in [-0.25, -0.2) is 0 Å². The molecule has 110 valence electrons. The number of benzene rings is 1. The third kappa shape index (κ3) is 3.26. The zero-order chi connectivity index (χ0) is 15.4. The standard InChI is InChI=1S/C17H13BrN2O2/c18-13-6-8-15(9-7-13)20(12-14-4-1-2-10-19-14)17(21)16-5-3-11-22-16/h1-11H,12H2. The number of carbonyl (C=O) groups is 1. The predicted molar refractivity (Wildman–Crippen MR) is 87.6 cm³/mol. The molecule has 0 aliphatic carbocycles. The molecule has 0 unspecified atom stereocenters. The van der Waals surface area contributed by atoms with Gasteiger partial charge in [0.25, 0.3) is 5.91 Å². The molecule has 3 aromatic rings. The van der Waals surface area contributed by atoms with Gasteiger partial charge in [0.15, 0.2) is 5.76 Å². The molecule has 3 rings (SSSR count). The molecule has 0 radical (unpaired) electrons. The molecule has 0 atom stereocenters. The van der Waals surface area contributed by atoms with E-state index in [0.717, 1.165) is 15.9 Å². The monoisotopic (exact) mass is 356 g/mol. The number of carbonyl (C=O) groups excluding carboxylic acids is 1. The number of halogens is 1. The Morgan fingerprint density at radius 2 is 1.91 bits per heavy atom. The maximum atomic E-state index is 12.7. The van der Waals surface area contributed by atoms with Gasteiger partial charge in [0, 0.05) is 16.4 Å². The van der Waals surface area contributed by atoms with Gasteiger partial charge in [0.05, 0.1) is 18.5 Å². The first-order valence-electron chi connectivity index (χ1n) is 6.75. The molecule has 1 aromatic carbocycles. The highest BCUT2D eigenvalue weighted by Gasteiger charge is 2.20. The topological polar surface area (TPSA) is 46.3 Å². The maximum absolute atomic E-state index is 12.7. The van der Waals surface area contributed by atoms with Crippen LogP contribution in [0.4, 0.5) is 5.69 Å². The highest BCUT2D eigenvalue weighted by Crippen LogP contribution is 2.22. The third-order valence-corrected chi connectivity index (χ3v) is 3.69. The van der Waals surface area contributed by atoms with Crippen LogP contribution in [0.25, 0.3) is 0 Å². The molecule has 0 saturated carbocycles. The highest BCUT2D eigenvalue weighted by atomic mass is 79.9. The van der Waals surface area contributed by atoms with Crippen molar-refractivity contribution in [3.8, 4) is 0 Å². The summed E-state index contributed by atoms with van der Waals surface area (Å²) in [6.07, 6.45) is 3.21. The van der Waals surface area contributed by atoms with E-state index in [1.807, 2.05) is 42.5 Å². The molecule has 5 heteroatoms. The molecule has 4 nitrogen and oxygen atoms in total. The average Bonchev–Trinajstić information content (AvgIpc) is 3.08. The van der Waals surface area contributed by atoms with E-state index >= 15 is 0 Å². The number of rotatable bonds is 4. The van der Waals surface area contributed by atoms with E-state index < -0.39 is 0 Å². The van der Waals surface area contributed by atoms with E-state index in [9.17, 15) is 4.79 Å². The lowest BCUT2D eigenvalue weighted by molar-refractivity contribution is 0.0958. The van der Waals surface area contributed by atoms with E-state index in [1.165, 1.54) is 6.26 Å². The van der Waals surface area contributed by atoms with Crippen LogP contribution in [0.5, 0.6) is 0 Å². The molecular weight excluding hydrogens is 344 g/mol. The van der Waals surface area contributed by atoms with Gasteiger partial charge in [-0.05, 0) is 48.5 Å². The van der Waals surface area contributed by atoms with Crippen molar-refractivity contribution in [3.05, 3.63) is 83.0 Å². The summed E-state index contributed by atoms with van der Waals surface area (Å²) >= 11 is 3.40. The Labute approximate surface area is 136 Å². The molecule has 0 aliphatic heterocycles. The number of pyridine rings is 1. The van der Waals surface area contributed by atoms with Crippen molar-refractivity contribution >= 4 is 27.5 Å². The lowest BCUT2D eigenvalue weighted by atomic mass is 10.2. The Balaban J connectivity index is 1.94. The molecule has 0 saturated heterocycles. The van der Waals surface area contributed by atoms with Crippen LogP contribution < -0.4 is 4.90 Å².